The van der Waals surface area contributed by atoms with Gasteiger partial charge in [-0.3, -0.25) is 10.1 Å². The SMILES string of the molecule is O=[N+]([O-])c1cc(C=Nc2ccc(Cl)cn2)c([O-])c2ccccc12. The molecule has 6 nitrogen and oxygen atoms in total. The largest absolute Gasteiger partial charge is 0.872 e. The summed E-state index contributed by atoms with van der Waals surface area (Å²) in [6, 6.07) is 10.8. The van der Waals surface area contributed by atoms with Crippen LogP contribution in [-0.2, 0) is 0 Å². The van der Waals surface area contributed by atoms with Crippen LogP contribution in [0.15, 0.2) is 53.7 Å². The molecular weight excluding hydrogens is 318 g/mol. The molecule has 0 bridgehead atoms. The molecule has 3 aromatic rings. The van der Waals surface area contributed by atoms with Gasteiger partial charge in [-0.1, -0.05) is 35.5 Å². The summed E-state index contributed by atoms with van der Waals surface area (Å²) in [7, 11) is 0. The highest BCUT2D eigenvalue weighted by atomic mass is 35.5. The number of aromatic nitrogens is 1. The Bertz CT molecular complexity index is 924. The second kappa shape index (κ2) is 6.02. The Morgan fingerprint density at radius 3 is 2.57 bits per heavy atom. The van der Waals surface area contributed by atoms with Gasteiger partial charge in [0.05, 0.1) is 15.3 Å². The fraction of sp³-hybridized carbons (Fsp3) is 0. The van der Waals surface area contributed by atoms with Gasteiger partial charge in [0.2, 0.25) is 0 Å². The molecule has 2 aromatic carbocycles. The number of non-ortho nitro benzene ring substituents is 1. The average molecular weight is 327 g/mol. The molecule has 1 aromatic heterocycles. The van der Waals surface area contributed by atoms with Gasteiger partial charge in [0.25, 0.3) is 5.69 Å². The predicted molar refractivity (Wildman–Crippen MR) is 86.5 cm³/mol. The number of nitro benzene ring substituents is 1. The third kappa shape index (κ3) is 2.97. The zero-order chi connectivity index (χ0) is 16.4. The summed E-state index contributed by atoms with van der Waals surface area (Å²) < 4.78 is 0. The third-order valence-corrected chi connectivity index (χ3v) is 3.47. The van der Waals surface area contributed by atoms with Crippen LogP contribution >= 0.6 is 11.6 Å². The number of hydrogen-bond acceptors (Lipinski definition) is 5. The molecule has 0 aliphatic rings. The minimum absolute atomic E-state index is 0.132. The minimum Gasteiger partial charge on any atom is -0.872 e. The monoisotopic (exact) mass is 326 g/mol. The van der Waals surface area contributed by atoms with E-state index in [4.69, 9.17) is 11.6 Å². The maximum absolute atomic E-state index is 12.4. The van der Waals surface area contributed by atoms with Crippen molar-refractivity contribution in [1.82, 2.24) is 4.98 Å². The highest BCUT2D eigenvalue weighted by Crippen LogP contribution is 2.33. The highest BCUT2D eigenvalue weighted by Gasteiger charge is 2.14. The molecule has 0 amide bonds. The summed E-state index contributed by atoms with van der Waals surface area (Å²) in [5, 5.41) is 24.7. The van der Waals surface area contributed by atoms with E-state index in [0.29, 0.717) is 16.2 Å². The van der Waals surface area contributed by atoms with Gasteiger partial charge in [-0.2, -0.15) is 0 Å². The molecular formula is C16H9ClN3O3-. The zero-order valence-corrected chi connectivity index (χ0v) is 12.4. The lowest BCUT2D eigenvalue weighted by molar-refractivity contribution is -0.383. The molecule has 0 aliphatic carbocycles. The number of fused-ring (bicyclic) bond motifs is 1. The number of benzene rings is 2. The van der Waals surface area contributed by atoms with Crippen molar-refractivity contribution in [1.29, 1.82) is 0 Å². The van der Waals surface area contributed by atoms with Gasteiger partial charge in [0.15, 0.2) is 5.82 Å². The van der Waals surface area contributed by atoms with E-state index in [0.717, 1.165) is 0 Å². The van der Waals surface area contributed by atoms with Gasteiger partial charge in [0.1, 0.15) is 0 Å². The van der Waals surface area contributed by atoms with Crippen molar-refractivity contribution in [3.8, 4) is 5.75 Å². The molecule has 0 spiro atoms. The smallest absolute Gasteiger partial charge is 0.277 e. The zero-order valence-electron chi connectivity index (χ0n) is 11.6. The van der Waals surface area contributed by atoms with E-state index in [2.05, 4.69) is 9.98 Å². The molecule has 0 saturated heterocycles. The maximum atomic E-state index is 12.4. The quantitative estimate of drug-likeness (QED) is 0.417. The van der Waals surface area contributed by atoms with Crippen LogP contribution in [0.4, 0.5) is 11.5 Å². The van der Waals surface area contributed by atoms with Crippen LogP contribution in [0.3, 0.4) is 0 Å². The Morgan fingerprint density at radius 2 is 1.91 bits per heavy atom. The van der Waals surface area contributed by atoms with E-state index in [-0.39, 0.29) is 22.4 Å². The first-order chi connectivity index (χ1) is 11.1. The number of rotatable bonds is 3. The Hall–Kier alpha value is -2.99. The van der Waals surface area contributed by atoms with Crippen molar-refractivity contribution in [2.75, 3.05) is 0 Å². The Labute approximate surface area is 135 Å². The molecule has 114 valence electrons. The van der Waals surface area contributed by atoms with Gasteiger partial charge >= 0.3 is 0 Å². The Kier molecular flexibility index (Phi) is 3.91. The first-order valence-electron chi connectivity index (χ1n) is 6.59. The summed E-state index contributed by atoms with van der Waals surface area (Å²) in [5.74, 6) is 0.0357. The fourth-order valence-corrected chi connectivity index (χ4v) is 2.29. The van der Waals surface area contributed by atoms with Gasteiger partial charge in [0, 0.05) is 18.5 Å². The maximum Gasteiger partial charge on any atom is 0.277 e. The fourth-order valence-electron chi connectivity index (χ4n) is 2.18. The lowest BCUT2D eigenvalue weighted by Crippen LogP contribution is -2.00. The van der Waals surface area contributed by atoms with E-state index >= 15 is 0 Å². The molecule has 0 radical (unpaired) electrons. The van der Waals surface area contributed by atoms with Gasteiger partial charge in [-0.05, 0) is 29.1 Å². The molecule has 0 atom stereocenters. The Balaban J connectivity index is 2.12. The first-order valence-corrected chi connectivity index (χ1v) is 6.97. The molecule has 0 N–H and O–H groups in total. The number of nitro groups is 1. The van der Waals surface area contributed by atoms with E-state index in [9.17, 15) is 15.2 Å². The van der Waals surface area contributed by atoms with Crippen LogP contribution in [-0.4, -0.2) is 16.1 Å². The van der Waals surface area contributed by atoms with Gasteiger partial charge < -0.3 is 5.11 Å². The molecule has 7 heteroatoms. The van der Waals surface area contributed by atoms with Crippen LogP contribution in [0.25, 0.3) is 10.8 Å². The van der Waals surface area contributed by atoms with E-state index in [1.807, 2.05) is 0 Å². The average Bonchev–Trinajstić information content (AvgIpc) is 2.55. The lowest BCUT2D eigenvalue weighted by atomic mass is 10.0. The molecule has 0 unspecified atom stereocenters. The minimum atomic E-state index is -0.514. The van der Waals surface area contributed by atoms with Crippen molar-refractivity contribution in [2.24, 2.45) is 4.99 Å². The third-order valence-electron chi connectivity index (χ3n) is 3.25. The van der Waals surface area contributed by atoms with Crippen molar-refractivity contribution in [3.05, 3.63) is 69.4 Å². The number of pyridine rings is 1. The van der Waals surface area contributed by atoms with Gasteiger partial charge in [-0.25, -0.2) is 9.98 Å². The standard InChI is InChI=1S/C16H10ClN3O3/c17-11-5-6-15(19-9-11)18-8-10-7-14(20(22)23)12-3-1-2-4-13(12)16(10)21/h1-9,21H/p-1. The summed E-state index contributed by atoms with van der Waals surface area (Å²) in [5.41, 5.74) is -0.00198. The van der Waals surface area contributed by atoms with Crippen LogP contribution in [0.2, 0.25) is 5.02 Å². The summed E-state index contributed by atoms with van der Waals surface area (Å²) in [6.07, 6.45) is 2.70. The van der Waals surface area contributed by atoms with Gasteiger partial charge in [-0.15, -0.1) is 0 Å². The lowest BCUT2D eigenvalue weighted by Gasteiger charge is -2.14. The summed E-state index contributed by atoms with van der Waals surface area (Å²) in [4.78, 5) is 18.8. The van der Waals surface area contributed by atoms with E-state index in [1.165, 1.54) is 18.5 Å². The number of halogens is 1. The number of hydrogen-bond donors (Lipinski definition) is 0. The molecule has 0 aliphatic heterocycles. The second-order valence-corrected chi connectivity index (χ2v) is 5.15. The highest BCUT2D eigenvalue weighted by molar-refractivity contribution is 6.30. The van der Waals surface area contributed by atoms with Crippen LogP contribution in [0, 0.1) is 10.1 Å². The van der Waals surface area contributed by atoms with Crippen molar-refractivity contribution in [3.63, 3.8) is 0 Å². The van der Waals surface area contributed by atoms with E-state index in [1.54, 1.807) is 36.4 Å². The van der Waals surface area contributed by atoms with Crippen molar-refractivity contribution in [2.45, 2.75) is 0 Å². The van der Waals surface area contributed by atoms with E-state index < -0.39 is 4.92 Å². The normalized spacial score (nSPS) is 11.2. The van der Waals surface area contributed by atoms with Crippen LogP contribution in [0.5, 0.6) is 5.75 Å². The van der Waals surface area contributed by atoms with Crippen molar-refractivity contribution < 1.29 is 10.0 Å². The molecule has 3 rings (SSSR count). The van der Waals surface area contributed by atoms with Crippen LogP contribution in [0.1, 0.15) is 5.56 Å². The second-order valence-electron chi connectivity index (χ2n) is 4.71. The number of nitrogens with zero attached hydrogens (tertiary/aromatic N) is 3. The summed E-state index contributed by atoms with van der Waals surface area (Å²) >= 11 is 5.74. The molecule has 0 saturated carbocycles. The predicted octanol–water partition coefficient (Wildman–Crippen LogP) is 3.62. The molecule has 0 fully saturated rings. The molecule has 1 heterocycles. The topological polar surface area (TPSA) is 91.5 Å². The summed E-state index contributed by atoms with van der Waals surface area (Å²) in [6.45, 7) is 0. The van der Waals surface area contributed by atoms with Crippen LogP contribution < -0.4 is 5.11 Å². The Morgan fingerprint density at radius 1 is 1.17 bits per heavy atom. The van der Waals surface area contributed by atoms with Crippen molar-refractivity contribution >= 4 is 40.1 Å². The molecule has 23 heavy (non-hydrogen) atoms. The first kappa shape index (κ1) is 14.9. The number of aliphatic imine (C=N–C) groups is 1.